The van der Waals surface area contributed by atoms with Crippen LogP contribution in [0.4, 0.5) is 11.6 Å². The zero-order valence-electron chi connectivity index (χ0n) is 14.4. The van der Waals surface area contributed by atoms with Crippen molar-refractivity contribution in [2.24, 2.45) is 0 Å². The number of nitro benzene ring substituents is 1. The van der Waals surface area contributed by atoms with Gasteiger partial charge >= 0.3 is 0 Å². The van der Waals surface area contributed by atoms with Gasteiger partial charge in [0.15, 0.2) is 12.9 Å². The molecule has 10 heteroatoms. The van der Waals surface area contributed by atoms with E-state index in [1.54, 1.807) is 23.4 Å². The van der Waals surface area contributed by atoms with Gasteiger partial charge in [-0.3, -0.25) is 19.7 Å². The molecule has 1 aromatic carbocycles. The molecular formula is C17H17N5O5. The summed E-state index contributed by atoms with van der Waals surface area (Å²) in [6.07, 6.45) is 3.80. The molecule has 0 saturated carbocycles. The lowest BCUT2D eigenvalue weighted by atomic mass is 10.2. The van der Waals surface area contributed by atoms with Gasteiger partial charge in [-0.15, -0.1) is 0 Å². The van der Waals surface area contributed by atoms with E-state index in [2.05, 4.69) is 9.97 Å². The van der Waals surface area contributed by atoms with Crippen LogP contribution >= 0.6 is 0 Å². The topological polar surface area (TPSA) is 119 Å². The number of carbonyl (C=O) groups is 2. The predicted molar refractivity (Wildman–Crippen MR) is 94.8 cm³/mol. The maximum absolute atomic E-state index is 12.3. The van der Waals surface area contributed by atoms with Crippen LogP contribution in [0.15, 0.2) is 36.7 Å². The molecule has 1 aliphatic rings. The first-order valence-electron chi connectivity index (χ1n) is 8.24. The van der Waals surface area contributed by atoms with E-state index in [4.69, 9.17) is 4.74 Å². The number of carbonyl (C=O) groups excluding carboxylic acids is 2. The number of benzene rings is 1. The van der Waals surface area contributed by atoms with E-state index in [-0.39, 0.29) is 29.5 Å². The van der Waals surface area contributed by atoms with Crippen molar-refractivity contribution in [3.8, 4) is 5.75 Å². The zero-order chi connectivity index (χ0) is 19.2. The highest BCUT2D eigenvalue weighted by Gasteiger charge is 2.23. The lowest BCUT2D eigenvalue weighted by molar-refractivity contribution is -0.384. The second kappa shape index (κ2) is 8.21. The minimum absolute atomic E-state index is 0.0306. The molecule has 0 atom stereocenters. The highest BCUT2D eigenvalue weighted by Crippen LogP contribution is 2.23. The first-order chi connectivity index (χ1) is 13.1. The van der Waals surface area contributed by atoms with Gasteiger partial charge in [0.25, 0.3) is 11.6 Å². The summed E-state index contributed by atoms with van der Waals surface area (Å²) in [6.45, 7) is 1.96. The normalized spacial score (nSPS) is 13.9. The Morgan fingerprint density at radius 2 is 1.93 bits per heavy atom. The van der Waals surface area contributed by atoms with E-state index in [0.29, 0.717) is 38.4 Å². The smallest absolute Gasteiger partial charge is 0.270 e. The highest BCUT2D eigenvalue weighted by atomic mass is 16.6. The summed E-state index contributed by atoms with van der Waals surface area (Å²) >= 11 is 0. The number of non-ortho nitro benzene ring substituents is 1. The van der Waals surface area contributed by atoms with Crippen molar-refractivity contribution < 1.29 is 19.2 Å². The number of aldehydes is 1. The molecule has 0 N–H and O–H groups in total. The monoisotopic (exact) mass is 371 g/mol. The first-order valence-corrected chi connectivity index (χ1v) is 8.24. The van der Waals surface area contributed by atoms with Crippen LogP contribution in [0.2, 0.25) is 0 Å². The van der Waals surface area contributed by atoms with Crippen LogP contribution in [0.25, 0.3) is 0 Å². The third-order valence-corrected chi connectivity index (χ3v) is 4.15. The summed E-state index contributed by atoms with van der Waals surface area (Å²) in [5.74, 6) is 0.543. The summed E-state index contributed by atoms with van der Waals surface area (Å²) in [4.78, 5) is 45.6. The number of anilines is 1. The van der Waals surface area contributed by atoms with Crippen LogP contribution in [0.5, 0.6) is 5.75 Å². The lowest BCUT2D eigenvalue weighted by Crippen LogP contribution is -2.50. The Kier molecular flexibility index (Phi) is 5.55. The maximum atomic E-state index is 12.3. The van der Waals surface area contributed by atoms with Crippen LogP contribution in [-0.4, -0.2) is 64.8 Å². The van der Waals surface area contributed by atoms with Gasteiger partial charge < -0.3 is 14.5 Å². The maximum Gasteiger partial charge on any atom is 0.270 e. The Balaban J connectivity index is 1.54. The fraction of sp³-hybridized carbons (Fsp3) is 0.294. The fourth-order valence-corrected chi connectivity index (χ4v) is 2.71. The van der Waals surface area contributed by atoms with Crippen molar-refractivity contribution in [3.05, 3.63) is 52.3 Å². The fourth-order valence-electron chi connectivity index (χ4n) is 2.71. The van der Waals surface area contributed by atoms with Crippen LogP contribution in [-0.2, 0) is 4.79 Å². The molecule has 1 aliphatic heterocycles. The van der Waals surface area contributed by atoms with Crippen LogP contribution in [0.3, 0.4) is 0 Å². The lowest BCUT2D eigenvalue weighted by Gasteiger charge is -2.34. The largest absolute Gasteiger partial charge is 0.483 e. The molecule has 2 heterocycles. The second-order valence-electron chi connectivity index (χ2n) is 5.80. The number of aromatic nitrogens is 2. The molecule has 2 aromatic rings. The van der Waals surface area contributed by atoms with Crippen molar-refractivity contribution in [1.29, 1.82) is 0 Å². The molecule has 0 spiro atoms. The van der Waals surface area contributed by atoms with Crippen molar-refractivity contribution in [1.82, 2.24) is 14.9 Å². The van der Waals surface area contributed by atoms with Gasteiger partial charge in [0.2, 0.25) is 5.95 Å². The Morgan fingerprint density at radius 1 is 1.22 bits per heavy atom. The predicted octanol–water partition coefficient (Wildman–Crippen LogP) is 0.925. The van der Waals surface area contributed by atoms with Gasteiger partial charge in [-0.05, 0) is 12.1 Å². The number of hydrogen-bond donors (Lipinski definition) is 0. The van der Waals surface area contributed by atoms with E-state index in [9.17, 15) is 19.7 Å². The summed E-state index contributed by atoms with van der Waals surface area (Å²) in [5.41, 5.74) is -0.182. The Morgan fingerprint density at radius 3 is 2.56 bits per heavy atom. The summed E-state index contributed by atoms with van der Waals surface area (Å²) < 4.78 is 5.41. The SMILES string of the molecule is O=Cc1cc([N+](=O)[O-])ccc1OCC(=O)N1CCN(c2ncccn2)CC1. The van der Waals surface area contributed by atoms with E-state index in [0.717, 1.165) is 6.07 Å². The van der Waals surface area contributed by atoms with Crippen molar-refractivity contribution in [3.63, 3.8) is 0 Å². The van der Waals surface area contributed by atoms with Gasteiger partial charge in [0.05, 0.1) is 10.5 Å². The van der Waals surface area contributed by atoms with Crippen LogP contribution in [0, 0.1) is 10.1 Å². The standard InChI is InChI=1S/C17H17N5O5/c23-11-13-10-14(22(25)26)2-3-15(13)27-12-16(24)20-6-8-21(9-7-20)17-18-4-1-5-19-17/h1-5,10-11H,6-9,12H2. The van der Waals surface area contributed by atoms with E-state index in [1.165, 1.54) is 12.1 Å². The molecular weight excluding hydrogens is 354 g/mol. The third kappa shape index (κ3) is 4.35. The molecule has 1 fully saturated rings. The van der Waals surface area contributed by atoms with Gasteiger partial charge in [-0.25, -0.2) is 9.97 Å². The van der Waals surface area contributed by atoms with Gasteiger partial charge in [-0.2, -0.15) is 0 Å². The third-order valence-electron chi connectivity index (χ3n) is 4.15. The van der Waals surface area contributed by atoms with E-state index >= 15 is 0 Å². The number of piperazine rings is 1. The average Bonchev–Trinajstić information content (AvgIpc) is 2.72. The molecule has 1 aromatic heterocycles. The first kappa shape index (κ1) is 18.2. The van der Waals surface area contributed by atoms with Crippen molar-refractivity contribution in [2.75, 3.05) is 37.7 Å². The molecule has 140 valence electrons. The number of nitro groups is 1. The molecule has 3 rings (SSSR count). The van der Waals surface area contributed by atoms with Gasteiger partial charge in [-0.1, -0.05) is 0 Å². The molecule has 1 amide bonds. The molecule has 1 saturated heterocycles. The van der Waals surface area contributed by atoms with E-state index in [1.807, 2.05) is 4.90 Å². The zero-order valence-corrected chi connectivity index (χ0v) is 14.4. The minimum atomic E-state index is -0.599. The molecule has 0 radical (unpaired) electrons. The molecule has 0 aliphatic carbocycles. The Labute approximate surface area is 154 Å². The quantitative estimate of drug-likeness (QED) is 0.418. The molecule has 0 bridgehead atoms. The minimum Gasteiger partial charge on any atom is -0.483 e. The van der Waals surface area contributed by atoms with Crippen molar-refractivity contribution >= 4 is 23.8 Å². The van der Waals surface area contributed by atoms with Crippen LogP contribution < -0.4 is 9.64 Å². The summed E-state index contributed by atoms with van der Waals surface area (Å²) in [7, 11) is 0. The van der Waals surface area contributed by atoms with Gasteiger partial charge in [0, 0.05) is 50.7 Å². The van der Waals surface area contributed by atoms with Crippen molar-refractivity contribution in [2.45, 2.75) is 0 Å². The van der Waals surface area contributed by atoms with E-state index < -0.39 is 4.92 Å². The average molecular weight is 371 g/mol. The second-order valence-corrected chi connectivity index (χ2v) is 5.80. The number of nitrogens with zero attached hydrogens (tertiary/aromatic N) is 5. The van der Waals surface area contributed by atoms with Crippen LogP contribution in [0.1, 0.15) is 10.4 Å². The Bertz CT molecular complexity index is 837. The highest BCUT2D eigenvalue weighted by molar-refractivity contribution is 5.82. The molecule has 10 nitrogen and oxygen atoms in total. The van der Waals surface area contributed by atoms with Gasteiger partial charge in [0.1, 0.15) is 5.75 Å². The number of amides is 1. The number of ether oxygens (including phenoxy) is 1. The molecule has 27 heavy (non-hydrogen) atoms. The Hall–Kier alpha value is -3.56. The number of hydrogen-bond acceptors (Lipinski definition) is 8. The number of rotatable bonds is 6. The summed E-state index contributed by atoms with van der Waals surface area (Å²) in [6, 6.07) is 5.41. The molecule has 0 unspecified atom stereocenters. The summed E-state index contributed by atoms with van der Waals surface area (Å²) in [5, 5.41) is 10.8.